The number of rotatable bonds is 6. The summed E-state index contributed by atoms with van der Waals surface area (Å²) in [6, 6.07) is 16.4. The molecular formula is C22H25N5OS2. The van der Waals surface area contributed by atoms with Crippen molar-refractivity contribution >= 4 is 45.5 Å². The summed E-state index contributed by atoms with van der Waals surface area (Å²) in [7, 11) is 0. The lowest BCUT2D eigenvalue weighted by Gasteiger charge is -2.35. The van der Waals surface area contributed by atoms with E-state index in [-0.39, 0.29) is 5.91 Å². The van der Waals surface area contributed by atoms with Gasteiger partial charge in [0.15, 0.2) is 4.34 Å². The van der Waals surface area contributed by atoms with Gasteiger partial charge in [-0.25, -0.2) is 0 Å². The SMILES string of the molecule is Cc1cccc(NC(=O)CSc2nnc(N3CCN(c4ccccc4)CC3)s2)c1C. The molecule has 8 heteroatoms. The van der Waals surface area contributed by atoms with Gasteiger partial charge >= 0.3 is 0 Å². The van der Waals surface area contributed by atoms with Crippen LogP contribution in [-0.4, -0.2) is 48.0 Å². The molecule has 1 aromatic heterocycles. The first-order valence-corrected chi connectivity index (χ1v) is 11.8. The highest BCUT2D eigenvalue weighted by Crippen LogP contribution is 2.29. The fraction of sp³-hybridized carbons (Fsp3) is 0.318. The molecule has 1 saturated heterocycles. The normalized spacial score (nSPS) is 14.1. The van der Waals surface area contributed by atoms with E-state index < -0.39 is 0 Å². The predicted octanol–water partition coefficient (Wildman–Crippen LogP) is 4.21. The zero-order chi connectivity index (χ0) is 20.9. The number of nitrogens with one attached hydrogen (secondary N) is 1. The molecular weight excluding hydrogens is 414 g/mol. The molecule has 0 saturated carbocycles. The highest BCUT2D eigenvalue weighted by Gasteiger charge is 2.20. The van der Waals surface area contributed by atoms with Gasteiger partial charge in [-0.1, -0.05) is 53.4 Å². The number of hydrogen-bond donors (Lipinski definition) is 1. The average Bonchev–Trinajstić information content (AvgIpc) is 3.25. The molecule has 30 heavy (non-hydrogen) atoms. The summed E-state index contributed by atoms with van der Waals surface area (Å²) in [5.74, 6) is 0.297. The van der Waals surface area contributed by atoms with Crippen molar-refractivity contribution < 1.29 is 4.79 Å². The Kier molecular flexibility index (Phi) is 6.54. The van der Waals surface area contributed by atoms with Crippen LogP contribution < -0.4 is 15.1 Å². The number of thioether (sulfide) groups is 1. The summed E-state index contributed by atoms with van der Waals surface area (Å²) in [5.41, 5.74) is 4.40. The second kappa shape index (κ2) is 9.49. The highest BCUT2D eigenvalue weighted by atomic mass is 32.2. The van der Waals surface area contributed by atoms with Crippen molar-refractivity contribution in [1.29, 1.82) is 0 Å². The number of amides is 1. The minimum atomic E-state index is -0.0260. The number of para-hydroxylation sites is 1. The highest BCUT2D eigenvalue weighted by molar-refractivity contribution is 8.01. The van der Waals surface area contributed by atoms with E-state index in [4.69, 9.17) is 0 Å². The third-order valence-corrected chi connectivity index (χ3v) is 7.39. The molecule has 6 nitrogen and oxygen atoms in total. The van der Waals surface area contributed by atoms with Crippen LogP contribution in [-0.2, 0) is 4.79 Å². The minimum Gasteiger partial charge on any atom is -0.368 e. The molecule has 1 aliphatic heterocycles. The van der Waals surface area contributed by atoms with Crippen LogP contribution in [0.25, 0.3) is 0 Å². The first-order valence-electron chi connectivity index (χ1n) is 9.97. The van der Waals surface area contributed by atoms with Crippen molar-refractivity contribution in [2.24, 2.45) is 0 Å². The summed E-state index contributed by atoms with van der Waals surface area (Å²) in [5, 5.41) is 12.5. The van der Waals surface area contributed by atoms with Crippen molar-refractivity contribution in [3.8, 4) is 0 Å². The Labute approximate surface area is 185 Å². The molecule has 3 aromatic rings. The smallest absolute Gasteiger partial charge is 0.234 e. The Bertz CT molecular complexity index is 1000. The molecule has 2 aromatic carbocycles. The largest absolute Gasteiger partial charge is 0.368 e. The van der Waals surface area contributed by atoms with Crippen molar-refractivity contribution in [3.63, 3.8) is 0 Å². The molecule has 0 aliphatic carbocycles. The zero-order valence-electron chi connectivity index (χ0n) is 17.2. The maximum absolute atomic E-state index is 12.3. The molecule has 1 aliphatic rings. The van der Waals surface area contributed by atoms with Crippen molar-refractivity contribution in [3.05, 3.63) is 59.7 Å². The fourth-order valence-corrected chi connectivity index (χ4v) is 5.08. The molecule has 0 bridgehead atoms. The topological polar surface area (TPSA) is 61.4 Å². The van der Waals surface area contributed by atoms with Gasteiger partial charge in [0.25, 0.3) is 0 Å². The molecule has 0 radical (unpaired) electrons. The van der Waals surface area contributed by atoms with Gasteiger partial charge in [-0.2, -0.15) is 0 Å². The maximum atomic E-state index is 12.3. The molecule has 0 spiro atoms. The zero-order valence-corrected chi connectivity index (χ0v) is 18.8. The number of carbonyl (C=O) groups excluding carboxylic acids is 1. The van der Waals surface area contributed by atoms with Gasteiger partial charge in [-0.05, 0) is 43.2 Å². The first kappa shape index (κ1) is 20.7. The summed E-state index contributed by atoms with van der Waals surface area (Å²) >= 11 is 2.99. The Morgan fingerprint density at radius 1 is 1.00 bits per heavy atom. The van der Waals surface area contributed by atoms with E-state index in [0.29, 0.717) is 5.75 Å². The van der Waals surface area contributed by atoms with E-state index in [2.05, 4.69) is 49.6 Å². The van der Waals surface area contributed by atoms with Crippen LogP contribution in [0, 0.1) is 13.8 Å². The van der Waals surface area contributed by atoms with Gasteiger partial charge in [-0.3, -0.25) is 4.79 Å². The summed E-state index contributed by atoms with van der Waals surface area (Å²) < 4.78 is 0.826. The number of aromatic nitrogens is 2. The van der Waals surface area contributed by atoms with Crippen molar-refractivity contribution in [1.82, 2.24) is 10.2 Å². The molecule has 4 rings (SSSR count). The van der Waals surface area contributed by atoms with E-state index >= 15 is 0 Å². The van der Waals surface area contributed by atoms with Crippen LogP contribution in [0.3, 0.4) is 0 Å². The second-order valence-corrected chi connectivity index (χ2v) is 9.42. The Hall–Kier alpha value is -2.58. The number of benzene rings is 2. The Morgan fingerprint density at radius 3 is 2.50 bits per heavy atom. The Morgan fingerprint density at radius 2 is 1.73 bits per heavy atom. The predicted molar refractivity (Wildman–Crippen MR) is 126 cm³/mol. The lowest BCUT2D eigenvalue weighted by molar-refractivity contribution is -0.113. The molecule has 0 atom stereocenters. The van der Waals surface area contributed by atoms with E-state index in [1.807, 2.05) is 38.1 Å². The van der Waals surface area contributed by atoms with Gasteiger partial charge in [-0.15, -0.1) is 10.2 Å². The monoisotopic (exact) mass is 439 g/mol. The van der Waals surface area contributed by atoms with Crippen molar-refractivity contribution in [2.75, 3.05) is 47.0 Å². The third kappa shape index (κ3) is 4.94. The summed E-state index contributed by atoms with van der Waals surface area (Å²) in [6.07, 6.45) is 0. The van der Waals surface area contributed by atoms with Crippen molar-refractivity contribution in [2.45, 2.75) is 18.2 Å². The minimum absolute atomic E-state index is 0.0260. The molecule has 2 heterocycles. The van der Waals surface area contributed by atoms with Gasteiger partial charge in [0, 0.05) is 37.6 Å². The number of hydrogen-bond acceptors (Lipinski definition) is 7. The fourth-order valence-electron chi connectivity index (χ4n) is 3.38. The number of carbonyl (C=O) groups is 1. The lowest BCUT2D eigenvalue weighted by Crippen LogP contribution is -2.46. The van der Waals surface area contributed by atoms with Gasteiger partial charge in [0.05, 0.1) is 5.75 Å². The molecule has 0 unspecified atom stereocenters. The van der Waals surface area contributed by atoms with Gasteiger partial charge in [0.2, 0.25) is 11.0 Å². The average molecular weight is 440 g/mol. The van der Waals surface area contributed by atoms with E-state index in [1.165, 1.54) is 23.0 Å². The molecule has 156 valence electrons. The van der Waals surface area contributed by atoms with Crippen LogP contribution >= 0.6 is 23.1 Å². The standard InChI is InChI=1S/C22H25N5OS2/c1-16-7-6-10-19(17(16)2)23-20(28)15-29-22-25-24-21(30-22)27-13-11-26(12-14-27)18-8-4-3-5-9-18/h3-10H,11-15H2,1-2H3,(H,23,28). The van der Waals surface area contributed by atoms with Crippen LogP contribution in [0.15, 0.2) is 52.9 Å². The molecule has 1 N–H and O–H groups in total. The first-order chi connectivity index (χ1) is 14.6. The number of piperazine rings is 1. The maximum Gasteiger partial charge on any atom is 0.234 e. The van der Waals surface area contributed by atoms with Gasteiger partial charge in [0.1, 0.15) is 0 Å². The van der Waals surface area contributed by atoms with Crippen LogP contribution in [0.2, 0.25) is 0 Å². The van der Waals surface area contributed by atoms with Gasteiger partial charge < -0.3 is 15.1 Å². The quantitative estimate of drug-likeness (QED) is 0.581. The van der Waals surface area contributed by atoms with Crippen LogP contribution in [0.1, 0.15) is 11.1 Å². The third-order valence-electron chi connectivity index (χ3n) is 5.27. The van der Waals surface area contributed by atoms with Crippen LogP contribution in [0.4, 0.5) is 16.5 Å². The summed E-state index contributed by atoms with van der Waals surface area (Å²) in [4.78, 5) is 17.0. The summed E-state index contributed by atoms with van der Waals surface area (Å²) in [6.45, 7) is 7.83. The number of aryl methyl sites for hydroxylation is 1. The van der Waals surface area contributed by atoms with E-state index in [0.717, 1.165) is 46.9 Å². The molecule has 1 fully saturated rings. The number of anilines is 3. The van der Waals surface area contributed by atoms with E-state index in [1.54, 1.807) is 11.3 Å². The van der Waals surface area contributed by atoms with E-state index in [9.17, 15) is 4.79 Å². The Balaban J connectivity index is 1.27. The second-order valence-electron chi connectivity index (χ2n) is 7.24. The molecule has 1 amide bonds. The lowest BCUT2D eigenvalue weighted by atomic mass is 10.1. The number of nitrogens with zero attached hydrogens (tertiary/aromatic N) is 4. The van der Waals surface area contributed by atoms with Crippen LogP contribution in [0.5, 0.6) is 0 Å².